The summed E-state index contributed by atoms with van der Waals surface area (Å²) in [7, 11) is -7.61. The van der Waals surface area contributed by atoms with E-state index in [-0.39, 0.29) is 11.4 Å². The fourth-order valence-electron chi connectivity index (χ4n) is 1.32. The summed E-state index contributed by atoms with van der Waals surface area (Å²) in [6.45, 7) is 2.80. The van der Waals surface area contributed by atoms with Gasteiger partial charge in [0.05, 0.1) is 10.6 Å². The third-order valence-corrected chi connectivity index (χ3v) is 5.23. The van der Waals surface area contributed by atoms with Crippen LogP contribution in [-0.4, -0.2) is 35.0 Å². The first kappa shape index (κ1) is 17.6. The zero-order valence-electron chi connectivity index (χ0n) is 11.7. The van der Waals surface area contributed by atoms with Crippen LogP contribution in [0.3, 0.4) is 0 Å². The Labute approximate surface area is 124 Å². The molecule has 1 aromatic carbocycles. The maximum atomic E-state index is 11.9. The largest absolute Gasteiger partial charge is 0.274 e. The van der Waals surface area contributed by atoms with E-state index in [1.54, 1.807) is 32.0 Å². The summed E-state index contributed by atoms with van der Waals surface area (Å²) in [4.78, 5) is 11.4. The molecule has 0 atom stereocenters. The quantitative estimate of drug-likeness (QED) is 0.733. The minimum absolute atomic E-state index is 0.0496. The van der Waals surface area contributed by atoms with Crippen molar-refractivity contribution in [1.82, 2.24) is 9.44 Å². The molecular formula is C12H18N2O5S2. The average Bonchev–Trinajstić information content (AvgIpc) is 2.38. The molecular weight excluding hydrogens is 316 g/mol. The number of carbonyl (C=O) groups excluding carboxylic acids is 1. The monoisotopic (exact) mass is 334 g/mol. The highest BCUT2D eigenvalue weighted by atomic mass is 32.2. The van der Waals surface area contributed by atoms with Gasteiger partial charge in [-0.25, -0.2) is 21.6 Å². The van der Waals surface area contributed by atoms with Gasteiger partial charge in [0.15, 0.2) is 0 Å². The predicted octanol–water partition coefficient (Wildman–Crippen LogP) is 0.0669. The molecule has 0 fully saturated rings. The van der Waals surface area contributed by atoms with Crippen molar-refractivity contribution in [2.45, 2.75) is 18.7 Å². The minimum atomic E-state index is -3.86. The molecule has 0 heterocycles. The van der Waals surface area contributed by atoms with Crippen LogP contribution in [0, 0.1) is 5.92 Å². The van der Waals surface area contributed by atoms with E-state index in [1.165, 1.54) is 12.1 Å². The van der Waals surface area contributed by atoms with E-state index in [4.69, 9.17) is 0 Å². The van der Waals surface area contributed by atoms with Crippen molar-refractivity contribution in [3.05, 3.63) is 30.3 Å². The van der Waals surface area contributed by atoms with Crippen LogP contribution >= 0.6 is 0 Å². The minimum Gasteiger partial charge on any atom is -0.274 e. The molecule has 0 aliphatic rings. The number of amides is 1. The van der Waals surface area contributed by atoms with Crippen LogP contribution in [0.2, 0.25) is 0 Å². The van der Waals surface area contributed by atoms with Gasteiger partial charge in [0.1, 0.15) is 0 Å². The normalized spacial score (nSPS) is 12.3. The lowest BCUT2D eigenvalue weighted by Gasteiger charge is -2.10. The molecule has 0 radical (unpaired) electrons. The van der Waals surface area contributed by atoms with Crippen LogP contribution in [-0.2, 0) is 24.8 Å². The van der Waals surface area contributed by atoms with Crippen LogP contribution in [0.15, 0.2) is 35.2 Å². The van der Waals surface area contributed by atoms with Crippen molar-refractivity contribution >= 4 is 26.0 Å². The maximum Gasteiger partial charge on any atom is 0.240 e. The van der Waals surface area contributed by atoms with Crippen molar-refractivity contribution in [1.29, 1.82) is 0 Å². The molecule has 0 bridgehead atoms. The summed E-state index contributed by atoms with van der Waals surface area (Å²) in [6.07, 6.45) is 0. The highest BCUT2D eigenvalue weighted by molar-refractivity contribution is 7.90. The van der Waals surface area contributed by atoms with Crippen LogP contribution in [0.5, 0.6) is 0 Å². The second-order valence-electron chi connectivity index (χ2n) is 4.65. The van der Waals surface area contributed by atoms with Crippen molar-refractivity contribution in [2.24, 2.45) is 5.92 Å². The van der Waals surface area contributed by atoms with E-state index >= 15 is 0 Å². The maximum absolute atomic E-state index is 11.9. The molecule has 0 aromatic heterocycles. The van der Waals surface area contributed by atoms with E-state index in [2.05, 4.69) is 4.72 Å². The number of hydrogen-bond acceptors (Lipinski definition) is 5. The number of nitrogens with one attached hydrogen (secondary N) is 2. The number of carbonyl (C=O) groups is 1. The van der Waals surface area contributed by atoms with Gasteiger partial charge in [0.2, 0.25) is 26.0 Å². The number of hydrogen-bond donors (Lipinski definition) is 2. The summed E-state index contributed by atoms with van der Waals surface area (Å²) in [5.74, 6) is -1.61. The van der Waals surface area contributed by atoms with E-state index in [1.807, 2.05) is 4.72 Å². The lowest BCUT2D eigenvalue weighted by molar-refractivity contribution is -0.122. The fraction of sp³-hybridized carbons (Fsp3) is 0.417. The van der Waals surface area contributed by atoms with Gasteiger partial charge < -0.3 is 0 Å². The molecule has 0 aliphatic heterocycles. The smallest absolute Gasteiger partial charge is 0.240 e. The fourth-order valence-corrected chi connectivity index (χ4v) is 3.51. The van der Waals surface area contributed by atoms with Gasteiger partial charge in [-0.15, -0.1) is 0 Å². The molecule has 7 nitrogen and oxygen atoms in total. The lowest BCUT2D eigenvalue weighted by atomic mass is 10.2. The molecule has 21 heavy (non-hydrogen) atoms. The molecule has 0 saturated carbocycles. The first-order valence-electron chi connectivity index (χ1n) is 6.23. The van der Waals surface area contributed by atoms with Gasteiger partial charge in [0, 0.05) is 12.5 Å². The summed E-state index contributed by atoms with van der Waals surface area (Å²) in [5, 5.41) is 0. The summed E-state index contributed by atoms with van der Waals surface area (Å²) >= 11 is 0. The number of rotatable bonds is 7. The first-order chi connectivity index (χ1) is 9.64. The SMILES string of the molecule is CC(C)C(=O)NS(=O)(=O)CCNS(=O)(=O)c1ccccc1. The van der Waals surface area contributed by atoms with E-state index in [0.717, 1.165) is 0 Å². The molecule has 1 aromatic rings. The third kappa shape index (κ3) is 5.82. The molecule has 118 valence electrons. The number of benzene rings is 1. The van der Waals surface area contributed by atoms with Crippen molar-refractivity contribution < 1.29 is 21.6 Å². The van der Waals surface area contributed by atoms with Crippen LogP contribution in [0.4, 0.5) is 0 Å². The van der Waals surface area contributed by atoms with Gasteiger partial charge >= 0.3 is 0 Å². The van der Waals surface area contributed by atoms with Crippen molar-refractivity contribution in [3.63, 3.8) is 0 Å². The molecule has 0 spiro atoms. The van der Waals surface area contributed by atoms with Gasteiger partial charge in [-0.3, -0.25) is 9.52 Å². The molecule has 1 rings (SSSR count). The molecule has 0 saturated heterocycles. The van der Waals surface area contributed by atoms with E-state index < -0.39 is 37.6 Å². The molecule has 0 aliphatic carbocycles. The van der Waals surface area contributed by atoms with Crippen molar-refractivity contribution in [3.8, 4) is 0 Å². The molecule has 1 amide bonds. The van der Waals surface area contributed by atoms with Crippen molar-refractivity contribution in [2.75, 3.05) is 12.3 Å². The topological polar surface area (TPSA) is 109 Å². The zero-order chi connectivity index (χ0) is 16.1. The average molecular weight is 334 g/mol. The van der Waals surface area contributed by atoms with Gasteiger partial charge in [-0.1, -0.05) is 32.0 Å². The summed E-state index contributed by atoms with van der Waals surface area (Å²) in [5.41, 5.74) is 0. The molecule has 2 N–H and O–H groups in total. The third-order valence-electron chi connectivity index (χ3n) is 2.50. The Morgan fingerprint density at radius 2 is 1.67 bits per heavy atom. The summed E-state index contributed by atoms with van der Waals surface area (Å²) < 4.78 is 51.0. The Morgan fingerprint density at radius 1 is 1.10 bits per heavy atom. The van der Waals surface area contributed by atoms with Gasteiger partial charge in [0.25, 0.3) is 0 Å². The van der Waals surface area contributed by atoms with E-state index in [0.29, 0.717) is 0 Å². The van der Waals surface area contributed by atoms with Gasteiger partial charge in [-0.05, 0) is 12.1 Å². The van der Waals surface area contributed by atoms with Gasteiger partial charge in [-0.2, -0.15) is 0 Å². The molecule has 9 heteroatoms. The predicted molar refractivity (Wildman–Crippen MR) is 78.4 cm³/mol. The highest BCUT2D eigenvalue weighted by Gasteiger charge is 2.19. The Morgan fingerprint density at radius 3 is 2.19 bits per heavy atom. The zero-order valence-corrected chi connectivity index (χ0v) is 13.4. The Balaban J connectivity index is 2.59. The summed E-state index contributed by atoms with van der Waals surface area (Å²) in [6, 6.07) is 7.60. The standard InChI is InChI=1S/C12H18N2O5S2/c1-10(2)12(15)14-20(16,17)9-8-13-21(18,19)11-6-4-3-5-7-11/h3-7,10,13H,8-9H2,1-2H3,(H,14,15). The highest BCUT2D eigenvalue weighted by Crippen LogP contribution is 2.06. The Kier molecular flexibility index (Phi) is 5.87. The lowest BCUT2D eigenvalue weighted by Crippen LogP contribution is -2.39. The van der Waals surface area contributed by atoms with Crippen LogP contribution < -0.4 is 9.44 Å². The van der Waals surface area contributed by atoms with E-state index in [9.17, 15) is 21.6 Å². The Bertz CT molecular complexity index is 682. The Hall–Kier alpha value is -1.45. The molecule has 0 unspecified atom stereocenters. The van der Waals surface area contributed by atoms with Crippen LogP contribution in [0.25, 0.3) is 0 Å². The second kappa shape index (κ2) is 7.01. The van der Waals surface area contributed by atoms with Crippen LogP contribution in [0.1, 0.15) is 13.8 Å². The first-order valence-corrected chi connectivity index (χ1v) is 9.36. The number of sulfonamides is 2. The second-order valence-corrected chi connectivity index (χ2v) is 8.26.